The van der Waals surface area contributed by atoms with Crippen molar-refractivity contribution in [2.45, 2.75) is 26.3 Å². The molecule has 1 aromatic carbocycles. The number of nitrogens with one attached hydrogen (secondary N) is 2. The Labute approximate surface area is 136 Å². The molecule has 0 spiro atoms. The average molecular weight is 365 g/mol. The van der Waals surface area contributed by atoms with Gasteiger partial charge in [0.1, 0.15) is 0 Å². The number of carbonyl (C=O) groups excluding carboxylic acids is 2. The van der Waals surface area contributed by atoms with E-state index >= 15 is 0 Å². The predicted molar refractivity (Wildman–Crippen MR) is 87.5 cm³/mol. The van der Waals surface area contributed by atoms with Crippen LogP contribution in [0.15, 0.2) is 22.7 Å². The normalized spacial score (nSPS) is 18.5. The number of anilines is 1. The van der Waals surface area contributed by atoms with Gasteiger partial charge in [0, 0.05) is 28.9 Å². The summed E-state index contributed by atoms with van der Waals surface area (Å²) in [6.07, 6.45) is 0.226. The summed E-state index contributed by atoms with van der Waals surface area (Å²) in [4.78, 5) is 26.0. The molecule has 1 aliphatic rings. The standard InChI is InChI=1S/C15H17BrN4O2/c1-8(2)17-15(22)9-5-13(21)20(7-9)14-11-4-3-10(16)6-12(11)18-19-14/h3-4,6,8-9H,5,7H2,1-2H3,(H,17,22)(H,18,19). The highest BCUT2D eigenvalue weighted by atomic mass is 79.9. The van der Waals surface area contributed by atoms with E-state index in [9.17, 15) is 9.59 Å². The molecule has 1 atom stereocenters. The molecule has 7 heteroatoms. The zero-order valence-corrected chi connectivity index (χ0v) is 14.0. The van der Waals surface area contributed by atoms with Crippen LogP contribution < -0.4 is 10.2 Å². The summed E-state index contributed by atoms with van der Waals surface area (Å²) >= 11 is 3.41. The van der Waals surface area contributed by atoms with Gasteiger partial charge in [0.25, 0.3) is 0 Å². The summed E-state index contributed by atoms with van der Waals surface area (Å²) in [5.74, 6) is 0.123. The van der Waals surface area contributed by atoms with Crippen molar-refractivity contribution in [3.63, 3.8) is 0 Å². The molecule has 0 saturated carbocycles. The third-order valence-corrected chi connectivity index (χ3v) is 4.18. The third-order valence-electron chi connectivity index (χ3n) is 3.69. The maximum atomic E-state index is 12.3. The molecule has 2 heterocycles. The summed E-state index contributed by atoms with van der Waals surface area (Å²) < 4.78 is 0.942. The van der Waals surface area contributed by atoms with Crippen LogP contribution in [0.5, 0.6) is 0 Å². The van der Waals surface area contributed by atoms with Gasteiger partial charge in [-0.25, -0.2) is 0 Å². The Bertz CT molecular complexity index is 740. The van der Waals surface area contributed by atoms with Crippen molar-refractivity contribution in [1.82, 2.24) is 15.5 Å². The summed E-state index contributed by atoms with van der Waals surface area (Å²) in [6, 6.07) is 5.80. The van der Waals surface area contributed by atoms with E-state index in [0.29, 0.717) is 12.4 Å². The molecule has 1 saturated heterocycles. The maximum absolute atomic E-state index is 12.3. The number of hydrogen-bond acceptors (Lipinski definition) is 3. The first-order valence-electron chi connectivity index (χ1n) is 7.20. The first kappa shape index (κ1) is 15.0. The summed E-state index contributed by atoms with van der Waals surface area (Å²) in [5, 5.41) is 10.9. The average Bonchev–Trinajstić information content (AvgIpc) is 3.00. The number of benzene rings is 1. The minimum Gasteiger partial charge on any atom is -0.354 e. The zero-order valence-electron chi connectivity index (χ0n) is 12.4. The number of nitrogens with zero attached hydrogens (tertiary/aromatic N) is 2. The van der Waals surface area contributed by atoms with E-state index in [4.69, 9.17) is 0 Å². The highest BCUT2D eigenvalue weighted by Gasteiger charge is 2.36. The number of carbonyl (C=O) groups is 2. The van der Waals surface area contributed by atoms with Crippen molar-refractivity contribution in [3.8, 4) is 0 Å². The quantitative estimate of drug-likeness (QED) is 0.876. The van der Waals surface area contributed by atoms with Crippen molar-refractivity contribution in [2.75, 3.05) is 11.4 Å². The molecule has 2 aromatic rings. The van der Waals surface area contributed by atoms with E-state index in [0.717, 1.165) is 15.4 Å². The van der Waals surface area contributed by atoms with E-state index in [-0.39, 0.29) is 30.2 Å². The molecular formula is C15H17BrN4O2. The van der Waals surface area contributed by atoms with Crippen molar-refractivity contribution in [2.24, 2.45) is 5.92 Å². The fourth-order valence-electron chi connectivity index (χ4n) is 2.67. The Kier molecular flexibility index (Phi) is 3.90. The third kappa shape index (κ3) is 2.72. The Morgan fingerprint density at radius 3 is 3.00 bits per heavy atom. The number of halogens is 1. The van der Waals surface area contributed by atoms with Crippen LogP contribution in [-0.2, 0) is 9.59 Å². The lowest BCUT2D eigenvalue weighted by atomic mass is 10.1. The molecule has 116 valence electrons. The highest BCUT2D eigenvalue weighted by Crippen LogP contribution is 2.31. The molecule has 1 fully saturated rings. The van der Waals surface area contributed by atoms with Gasteiger partial charge in [-0.1, -0.05) is 15.9 Å². The molecule has 3 rings (SSSR count). The smallest absolute Gasteiger partial charge is 0.229 e. The summed E-state index contributed by atoms with van der Waals surface area (Å²) in [6.45, 7) is 4.18. The van der Waals surface area contributed by atoms with Crippen molar-refractivity contribution in [1.29, 1.82) is 0 Å². The van der Waals surface area contributed by atoms with Gasteiger partial charge in [-0.05, 0) is 32.0 Å². The molecular weight excluding hydrogens is 348 g/mol. The minimum atomic E-state index is -0.322. The monoisotopic (exact) mass is 364 g/mol. The van der Waals surface area contributed by atoms with E-state index < -0.39 is 0 Å². The number of fused-ring (bicyclic) bond motifs is 1. The molecule has 1 aliphatic heterocycles. The van der Waals surface area contributed by atoms with Gasteiger partial charge in [0.15, 0.2) is 5.82 Å². The lowest BCUT2D eigenvalue weighted by Crippen LogP contribution is -2.37. The van der Waals surface area contributed by atoms with Gasteiger partial charge in [-0.15, -0.1) is 0 Å². The lowest BCUT2D eigenvalue weighted by molar-refractivity contribution is -0.126. The minimum absolute atomic E-state index is 0.0692. The van der Waals surface area contributed by atoms with Crippen LogP contribution in [0.2, 0.25) is 0 Å². The van der Waals surface area contributed by atoms with Gasteiger partial charge >= 0.3 is 0 Å². The number of H-pyrrole nitrogens is 1. The first-order chi connectivity index (χ1) is 10.5. The van der Waals surface area contributed by atoms with Crippen LogP contribution in [0, 0.1) is 5.92 Å². The van der Waals surface area contributed by atoms with Crippen molar-refractivity contribution >= 4 is 44.5 Å². The maximum Gasteiger partial charge on any atom is 0.229 e. The van der Waals surface area contributed by atoms with Gasteiger partial charge < -0.3 is 5.32 Å². The number of hydrogen-bond donors (Lipinski definition) is 2. The molecule has 0 bridgehead atoms. The molecule has 6 nitrogen and oxygen atoms in total. The molecule has 1 aromatic heterocycles. The second kappa shape index (κ2) is 5.72. The van der Waals surface area contributed by atoms with Crippen molar-refractivity contribution in [3.05, 3.63) is 22.7 Å². The second-order valence-corrected chi connectivity index (χ2v) is 6.72. The largest absolute Gasteiger partial charge is 0.354 e. The van der Waals surface area contributed by atoms with Crippen molar-refractivity contribution < 1.29 is 9.59 Å². The summed E-state index contributed by atoms with van der Waals surface area (Å²) in [5.41, 5.74) is 0.854. The Balaban J connectivity index is 1.85. The Morgan fingerprint density at radius 1 is 1.50 bits per heavy atom. The summed E-state index contributed by atoms with van der Waals surface area (Å²) in [7, 11) is 0. The number of rotatable bonds is 3. The highest BCUT2D eigenvalue weighted by molar-refractivity contribution is 9.10. The van der Waals surface area contributed by atoms with E-state index in [1.807, 2.05) is 32.0 Å². The number of aromatic nitrogens is 2. The zero-order chi connectivity index (χ0) is 15.9. The topological polar surface area (TPSA) is 78.1 Å². The van der Waals surface area contributed by atoms with Gasteiger partial charge in [-0.3, -0.25) is 19.6 Å². The second-order valence-electron chi connectivity index (χ2n) is 5.81. The van der Waals surface area contributed by atoms with E-state index in [1.165, 1.54) is 0 Å². The SMILES string of the molecule is CC(C)NC(=O)C1CC(=O)N(c2n[nH]c3cc(Br)ccc23)C1. The van der Waals surface area contributed by atoms with Crippen LogP contribution in [0.4, 0.5) is 5.82 Å². The van der Waals surface area contributed by atoms with Crippen LogP contribution in [0.3, 0.4) is 0 Å². The lowest BCUT2D eigenvalue weighted by Gasteiger charge is -2.15. The van der Waals surface area contributed by atoms with Gasteiger partial charge in [0.05, 0.1) is 11.4 Å². The fraction of sp³-hybridized carbons (Fsp3) is 0.400. The van der Waals surface area contributed by atoms with Crippen LogP contribution in [-0.4, -0.2) is 34.6 Å². The Morgan fingerprint density at radius 2 is 2.27 bits per heavy atom. The molecule has 2 N–H and O–H groups in total. The molecule has 0 aliphatic carbocycles. The van der Waals surface area contributed by atoms with E-state index in [2.05, 4.69) is 31.4 Å². The van der Waals surface area contributed by atoms with Crippen LogP contribution >= 0.6 is 15.9 Å². The number of aromatic amines is 1. The van der Waals surface area contributed by atoms with Gasteiger partial charge in [-0.2, -0.15) is 5.10 Å². The molecule has 22 heavy (non-hydrogen) atoms. The molecule has 0 radical (unpaired) electrons. The van der Waals surface area contributed by atoms with Crippen LogP contribution in [0.1, 0.15) is 20.3 Å². The van der Waals surface area contributed by atoms with Crippen LogP contribution in [0.25, 0.3) is 10.9 Å². The molecule has 1 unspecified atom stereocenters. The van der Waals surface area contributed by atoms with Gasteiger partial charge in [0.2, 0.25) is 11.8 Å². The van der Waals surface area contributed by atoms with E-state index in [1.54, 1.807) is 4.90 Å². The Hall–Kier alpha value is -1.89. The first-order valence-corrected chi connectivity index (χ1v) is 7.99. The fourth-order valence-corrected chi connectivity index (χ4v) is 3.03. The molecule has 2 amide bonds. The predicted octanol–water partition coefficient (Wildman–Crippen LogP) is 2.20. The number of amides is 2.